The van der Waals surface area contributed by atoms with Crippen molar-refractivity contribution in [2.24, 2.45) is 10.7 Å². The Labute approximate surface area is 249 Å². The van der Waals surface area contributed by atoms with Crippen LogP contribution in [0.3, 0.4) is 0 Å². The number of phosphoric ester groups is 1. The normalized spacial score (nSPS) is 28.0. The molecule has 42 heavy (non-hydrogen) atoms. The monoisotopic (exact) mass is 643 g/mol. The van der Waals surface area contributed by atoms with Crippen LogP contribution in [0.2, 0.25) is 0 Å². The molecular weight excluding hydrogens is 613 g/mol. The number of hydrogen-bond donors (Lipinski definition) is 6. The Morgan fingerprint density at radius 1 is 1.24 bits per heavy atom. The minimum Gasteiger partial charge on any atom is -0.394 e. The number of amidine groups is 1. The minimum atomic E-state index is -4.71. The highest BCUT2D eigenvalue weighted by molar-refractivity contribution is 7.80. The predicted molar refractivity (Wildman–Crippen MR) is 154 cm³/mol. The average Bonchev–Trinajstić information content (AvgIpc) is 3.67. The van der Waals surface area contributed by atoms with Gasteiger partial charge in [0.05, 0.1) is 37.8 Å². The SMILES string of the molecule is CC(=S)c1ncn([C@H]2C[C@@H](OP(=O)(O)OCC3O[C@@H](n4cnc5c(=S)nc(N)[nH]c54)C[C@H]3O)C(CO)O2)c1/N=C(\C)N. The number of anilines is 1. The summed E-state index contributed by atoms with van der Waals surface area (Å²) in [5.74, 6) is 0.698. The molecule has 0 radical (unpaired) electrons. The number of aliphatic hydroxyl groups excluding tert-OH is 2. The maximum atomic E-state index is 12.9. The van der Waals surface area contributed by atoms with Gasteiger partial charge >= 0.3 is 7.82 Å². The summed E-state index contributed by atoms with van der Waals surface area (Å²) in [6.07, 6.45) is -2.36. The van der Waals surface area contributed by atoms with Crippen molar-refractivity contribution in [2.45, 2.75) is 63.6 Å². The standard InChI is InChI=1S/C22H30N9O8PS2/c1-9(41)17-19(27-10(2)23)31(7-25-17)16-4-12(13(5-32)37-16)39-40(34,35)36-6-14-11(33)3-15(38-14)30-8-26-18-20(30)28-22(24)29-21(18)42/h7-8,11-16,32-33H,3-6H2,1-2H3,(H2,23,27)(H,34,35)(H3,24,28,29,42)/t11-,12-,13?,14?,15-,16-/m1/s1. The topological polar surface area (TPSA) is 243 Å². The van der Waals surface area contributed by atoms with Crippen molar-refractivity contribution in [3.63, 3.8) is 0 Å². The van der Waals surface area contributed by atoms with Crippen molar-refractivity contribution in [3.05, 3.63) is 23.0 Å². The molecule has 2 fully saturated rings. The third-order valence-corrected chi connectivity index (χ3v) is 8.19. The summed E-state index contributed by atoms with van der Waals surface area (Å²) in [5, 5.41) is 20.5. The average molecular weight is 644 g/mol. The first-order valence-electron chi connectivity index (χ1n) is 12.7. The van der Waals surface area contributed by atoms with Crippen molar-refractivity contribution in [2.75, 3.05) is 18.9 Å². The summed E-state index contributed by atoms with van der Waals surface area (Å²) < 4.78 is 38.7. The molecule has 5 rings (SSSR count). The maximum Gasteiger partial charge on any atom is 0.472 e. The van der Waals surface area contributed by atoms with E-state index in [2.05, 4.69) is 24.9 Å². The number of fused-ring (bicyclic) bond motifs is 1. The molecule has 7 atom stereocenters. The molecule has 5 heterocycles. The van der Waals surface area contributed by atoms with Crippen molar-refractivity contribution in [1.29, 1.82) is 0 Å². The molecule has 8 N–H and O–H groups in total. The molecule has 0 spiro atoms. The fourth-order valence-corrected chi connectivity index (χ4v) is 6.17. The Hall–Kier alpha value is -2.71. The number of nitrogens with zero attached hydrogens (tertiary/aromatic N) is 6. The highest BCUT2D eigenvalue weighted by Crippen LogP contribution is 2.49. The smallest absolute Gasteiger partial charge is 0.394 e. The first-order chi connectivity index (χ1) is 19.9. The molecule has 0 aromatic carbocycles. The van der Waals surface area contributed by atoms with Gasteiger partial charge in [-0.25, -0.2) is 24.5 Å². The lowest BCUT2D eigenvalue weighted by atomic mass is 10.2. The van der Waals surface area contributed by atoms with Crippen LogP contribution in [-0.2, 0) is 23.1 Å². The van der Waals surface area contributed by atoms with E-state index < -0.39 is 57.9 Å². The molecule has 20 heteroatoms. The van der Waals surface area contributed by atoms with Gasteiger partial charge in [-0.05, 0) is 13.8 Å². The van der Waals surface area contributed by atoms with Crippen LogP contribution < -0.4 is 11.5 Å². The zero-order chi connectivity index (χ0) is 30.3. The van der Waals surface area contributed by atoms with E-state index in [1.807, 2.05) is 0 Å². The van der Waals surface area contributed by atoms with Crippen LogP contribution >= 0.6 is 32.3 Å². The first-order valence-corrected chi connectivity index (χ1v) is 15.0. The van der Waals surface area contributed by atoms with Crippen molar-refractivity contribution < 1.29 is 38.2 Å². The molecular formula is C22H30N9O8PS2. The van der Waals surface area contributed by atoms with Crippen LogP contribution in [0.1, 0.15) is 44.8 Å². The van der Waals surface area contributed by atoms with E-state index >= 15 is 0 Å². The van der Waals surface area contributed by atoms with Gasteiger partial charge in [0.2, 0.25) is 0 Å². The van der Waals surface area contributed by atoms with Gasteiger partial charge in [-0.2, -0.15) is 0 Å². The number of aliphatic imine (C=N–C) groups is 1. The van der Waals surface area contributed by atoms with Crippen LogP contribution in [0.5, 0.6) is 0 Å². The third-order valence-electron chi connectivity index (χ3n) is 6.70. The summed E-state index contributed by atoms with van der Waals surface area (Å²) in [4.78, 5) is 30.6. The Morgan fingerprint density at radius 3 is 2.62 bits per heavy atom. The van der Waals surface area contributed by atoms with Crippen molar-refractivity contribution in [1.82, 2.24) is 29.1 Å². The third kappa shape index (κ3) is 6.30. The molecule has 0 bridgehead atoms. The fraction of sp³-hybridized carbons (Fsp3) is 0.545. The van der Waals surface area contributed by atoms with Gasteiger partial charge in [-0.15, -0.1) is 0 Å². The lowest BCUT2D eigenvalue weighted by molar-refractivity contribution is -0.0556. The summed E-state index contributed by atoms with van der Waals surface area (Å²) in [6.45, 7) is 2.33. The summed E-state index contributed by atoms with van der Waals surface area (Å²) in [5.41, 5.74) is 12.8. The summed E-state index contributed by atoms with van der Waals surface area (Å²) in [7, 11) is -4.71. The van der Waals surface area contributed by atoms with Gasteiger partial charge < -0.3 is 41.0 Å². The van der Waals surface area contributed by atoms with Crippen LogP contribution in [0.25, 0.3) is 11.2 Å². The number of H-pyrrole nitrogens is 1. The number of ether oxygens (including phenoxy) is 2. The highest BCUT2D eigenvalue weighted by atomic mass is 32.1. The molecule has 3 aromatic rings. The van der Waals surface area contributed by atoms with E-state index in [0.29, 0.717) is 27.5 Å². The zero-order valence-electron chi connectivity index (χ0n) is 22.4. The van der Waals surface area contributed by atoms with Crippen molar-refractivity contribution >= 4 is 65.9 Å². The van der Waals surface area contributed by atoms with E-state index in [1.54, 1.807) is 23.0 Å². The van der Waals surface area contributed by atoms with E-state index in [4.69, 9.17) is 54.4 Å². The molecule has 0 saturated carbocycles. The Bertz CT molecular complexity index is 1620. The number of aromatic amines is 1. The van der Waals surface area contributed by atoms with E-state index in [-0.39, 0.29) is 29.3 Å². The molecule has 2 aliphatic rings. The number of phosphoric acid groups is 1. The molecule has 2 saturated heterocycles. The van der Waals surface area contributed by atoms with Gasteiger partial charge in [0.1, 0.15) is 47.6 Å². The number of aromatic nitrogens is 6. The molecule has 3 aromatic heterocycles. The molecule has 3 unspecified atom stereocenters. The second kappa shape index (κ2) is 12.1. The molecule has 17 nitrogen and oxygen atoms in total. The number of nitrogen functional groups attached to an aromatic ring is 1. The summed E-state index contributed by atoms with van der Waals surface area (Å²) >= 11 is 10.4. The Kier molecular flexibility index (Phi) is 8.87. The van der Waals surface area contributed by atoms with Gasteiger partial charge in [-0.3, -0.25) is 18.2 Å². The number of thiocarbonyl (C=S) groups is 1. The lowest BCUT2D eigenvalue weighted by Gasteiger charge is -2.21. The van der Waals surface area contributed by atoms with Gasteiger partial charge in [0.15, 0.2) is 16.4 Å². The molecule has 0 aliphatic carbocycles. The fourth-order valence-electron chi connectivity index (χ4n) is 4.81. The number of hydrogen-bond acceptors (Lipinski definition) is 14. The second-order valence-corrected chi connectivity index (χ2v) is 12.2. The van der Waals surface area contributed by atoms with Gasteiger partial charge in [0.25, 0.3) is 0 Å². The second-order valence-electron chi connectivity index (χ2n) is 9.80. The van der Waals surface area contributed by atoms with Gasteiger partial charge in [-0.1, -0.05) is 24.4 Å². The maximum absolute atomic E-state index is 12.9. The zero-order valence-corrected chi connectivity index (χ0v) is 25.0. The van der Waals surface area contributed by atoms with Crippen molar-refractivity contribution in [3.8, 4) is 0 Å². The predicted octanol–water partition coefficient (Wildman–Crippen LogP) is 1.14. The number of nitrogens with two attached hydrogens (primary N) is 2. The van der Waals surface area contributed by atoms with Crippen LogP contribution in [0.15, 0.2) is 17.6 Å². The Morgan fingerprint density at radius 2 is 1.93 bits per heavy atom. The largest absolute Gasteiger partial charge is 0.472 e. The van der Waals surface area contributed by atoms with Crippen LogP contribution in [0.4, 0.5) is 11.8 Å². The number of imidazole rings is 2. The lowest BCUT2D eigenvalue weighted by Crippen LogP contribution is -2.29. The quantitative estimate of drug-likeness (QED) is 0.0596. The van der Waals surface area contributed by atoms with Crippen LogP contribution in [0, 0.1) is 4.64 Å². The first kappa shape index (κ1) is 30.7. The van der Waals surface area contributed by atoms with E-state index in [9.17, 15) is 19.7 Å². The molecule has 228 valence electrons. The van der Waals surface area contributed by atoms with E-state index in [0.717, 1.165) is 0 Å². The Balaban J connectivity index is 1.24. The molecule has 2 aliphatic heterocycles. The minimum absolute atomic E-state index is 0.0508. The number of nitrogens with one attached hydrogen (secondary N) is 1. The summed E-state index contributed by atoms with van der Waals surface area (Å²) in [6, 6.07) is 0. The van der Waals surface area contributed by atoms with Gasteiger partial charge in [0, 0.05) is 17.7 Å². The molecule has 0 amide bonds. The van der Waals surface area contributed by atoms with E-state index in [1.165, 1.54) is 12.7 Å². The van der Waals surface area contributed by atoms with Crippen LogP contribution in [-0.4, -0.2) is 92.5 Å². The number of aliphatic hydroxyl groups is 2. The number of rotatable bonds is 10. The highest BCUT2D eigenvalue weighted by Gasteiger charge is 2.43.